The van der Waals surface area contributed by atoms with Crippen molar-refractivity contribution < 1.29 is 24.2 Å². The van der Waals surface area contributed by atoms with Gasteiger partial charge in [0.15, 0.2) is 0 Å². The molecule has 0 aliphatic carbocycles. The first kappa shape index (κ1) is 21.8. The van der Waals surface area contributed by atoms with Gasteiger partial charge in [0, 0.05) is 11.6 Å². The van der Waals surface area contributed by atoms with Crippen LogP contribution in [-0.2, 0) is 19.1 Å². The van der Waals surface area contributed by atoms with Crippen molar-refractivity contribution >= 4 is 17.8 Å². The normalized spacial score (nSPS) is 7.47. The molecule has 0 bridgehead atoms. The minimum atomic E-state index is -0.650. The molecule has 0 atom stereocenters. The molecule has 0 aliphatic heterocycles. The molecule has 2 amide bonds. The summed E-state index contributed by atoms with van der Waals surface area (Å²) in [6.07, 6.45) is 2.20. The number of aliphatic hydroxyl groups excluding tert-OH is 1. The van der Waals surface area contributed by atoms with E-state index in [0.717, 1.165) is 12.2 Å². The number of hydrogen-bond donors (Lipinski definition) is 3. The second kappa shape index (κ2) is 15.6. The molecule has 0 saturated carbocycles. The van der Waals surface area contributed by atoms with Crippen molar-refractivity contribution in [3.63, 3.8) is 0 Å². The van der Waals surface area contributed by atoms with E-state index in [4.69, 9.17) is 5.11 Å². The molecule has 0 aromatic carbocycles. The molecule has 0 aromatic heterocycles. The van der Waals surface area contributed by atoms with E-state index in [1.807, 2.05) is 0 Å². The average Bonchev–Trinajstić information content (AvgIpc) is 2.39. The third-order valence-electron chi connectivity index (χ3n) is 1.19. The maximum Gasteiger partial charge on any atom is 0.330 e. The first-order valence-corrected chi connectivity index (χ1v) is 5.06. The number of carbonyl (C=O) groups is 3. The number of ether oxygens (including phenoxy) is 1. The van der Waals surface area contributed by atoms with Gasteiger partial charge in [0.25, 0.3) is 0 Å². The second-order valence-corrected chi connectivity index (χ2v) is 2.69. The summed E-state index contributed by atoms with van der Waals surface area (Å²) in [4.78, 5) is 29.4. The fraction of sp³-hybridized carbons (Fsp3) is 0.250. The van der Waals surface area contributed by atoms with Gasteiger partial charge in [-0.2, -0.15) is 0 Å². The molecule has 7 heteroatoms. The lowest BCUT2D eigenvalue weighted by Gasteiger charge is -1.90. The number of carbonyl (C=O) groups excluding carboxylic acids is 3. The van der Waals surface area contributed by atoms with Crippen molar-refractivity contribution in [3.05, 3.63) is 37.5 Å². The molecule has 0 saturated heterocycles. The smallest absolute Gasteiger partial charge is 0.330 e. The highest BCUT2D eigenvalue weighted by atomic mass is 16.5. The van der Waals surface area contributed by atoms with Crippen LogP contribution in [0.25, 0.3) is 0 Å². The summed E-state index contributed by atoms with van der Waals surface area (Å²) in [7, 11) is 0. The van der Waals surface area contributed by atoms with Crippen LogP contribution in [0.4, 0.5) is 0 Å². The fourth-order valence-corrected chi connectivity index (χ4v) is 0.279. The summed E-state index contributed by atoms with van der Waals surface area (Å²) in [6.45, 7) is 11.3. The molecular formula is C12H20N2O5. The molecule has 0 rings (SSSR count). The molecule has 0 spiro atoms. The van der Waals surface area contributed by atoms with Gasteiger partial charge in [0.05, 0.1) is 13.2 Å². The summed E-state index contributed by atoms with van der Waals surface area (Å²) in [5, 5.41) is 8.10. The zero-order chi connectivity index (χ0) is 15.8. The predicted octanol–water partition coefficient (Wildman–Crippen LogP) is -0.587. The molecule has 0 unspecified atom stereocenters. The molecule has 0 radical (unpaired) electrons. The Labute approximate surface area is 112 Å². The van der Waals surface area contributed by atoms with Crippen molar-refractivity contribution in [1.82, 2.24) is 0 Å². The molecule has 0 aromatic rings. The number of esters is 1. The van der Waals surface area contributed by atoms with Gasteiger partial charge in [-0.3, -0.25) is 9.59 Å². The largest absolute Gasteiger partial charge is 0.463 e. The van der Waals surface area contributed by atoms with Gasteiger partial charge in [-0.25, -0.2) is 4.79 Å². The highest BCUT2D eigenvalue weighted by Gasteiger charge is 1.94. The number of aliphatic hydroxyl groups is 1. The maximum atomic E-state index is 10.1. The van der Waals surface area contributed by atoms with Gasteiger partial charge in [-0.05, 0) is 13.0 Å². The Morgan fingerprint density at radius 2 is 1.63 bits per heavy atom. The lowest BCUT2D eigenvalue weighted by molar-refractivity contribution is -0.137. The summed E-state index contributed by atoms with van der Waals surface area (Å²) >= 11 is 0. The van der Waals surface area contributed by atoms with Crippen molar-refractivity contribution in [2.45, 2.75) is 6.92 Å². The second-order valence-electron chi connectivity index (χ2n) is 2.69. The van der Waals surface area contributed by atoms with Crippen molar-refractivity contribution in [2.75, 3.05) is 13.2 Å². The van der Waals surface area contributed by atoms with Crippen LogP contribution < -0.4 is 11.5 Å². The van der Waals surface area contributed by atoms with E-state index in [9.17, 15) is 14.4 Å². The van der Waals surface area contributed by atoms with E-state index < -0.39 is 11.8 Å². The molecular weight excluding hydrogens is 252 g/mol. The van der Waals surface area contributed by atoms with Crippen LogP contribution in [0.5, 0.6) is 0 Å². The van der Waals surface area contributed by atoms with Gasteiger partial charge < -0.3 is 21.3 Å². The summed E-state index contributed by atoms with van der Waals surface area (Å²) in [5.41, 5.74) is 9.22. The predicted molar refractivity (Wildman–Crippen MR) is 71.6 cm³/mol. The van der Waals surface area contributed by atoms with Crippen molar-refractivity contribution in [3.8, 4) is 0 Å². The van der Waals surface area contributed by atoms with Crippen LogP contribution in [-0.4, -0.2) is 36.1 Å². The summed E-state index contributed by atoms with van der Waals surface area (Å²) in [6, 6.07) is 0. The third-order valence-corrected chi connectivity index (χ3v) is 1.19. The monoisotopic (exact) mass is 272 g/mol. The number of rotatable bonds is 5. The molecule has 108 valence electrons. The van der Waals surface area contributed by atoms with Crippen LogP contribution in [0.3, 0.4) is 0 Å². The Bertz CT molecular complexity index is 335. The molecule has 19 heavy (non-hydrogen) atoms. The number of primary amides is 2. The van der Waals surface area contributed by atoms with Crippen LogP contribution >= 0.6 is 0 Å². The van der Waals surface area contributed by atoms with Crippen molar-refractivity contribution in [2.24, 2.45) is 11.5 Å². The molecule has 5 N–H and O–H groups in total. The Morgan fingerprint density at radius 3 is 1.68 bits per heavy atom. The summed E-state index contributed by atoms with van der Waals surface area (Å²) < 4.78 is 4.43. The first-order chi connectivity index (χ1) is 8.76. The SMILES string of the molecule is C=C(CO)C(N)=O.C=CC(=O)OCC.C=CC(N)=O. The van der Waals surface area contributed by atoms with Gasteiger partial charge >= 0.3 is 5.97 Å². The third kappa shape index (κ3) is 25.7. The van der Waals surface area contributed by atoms with E-state index in [2.05, 4.69) is 35.9 Å². The number of nitrogens with two attached hydrogens (primary N) is 2. The fourth-order valence-electron chi connectivity index (χ4n) is 0.279. The highest BCUT2D eigenvalue weighted by Crippen LogP contribution is 1.80. The van der Waals surface area contributed by atoms with E-state index in [-0.39, 0.29) is 18.1 Å². The van der Waals surface area contributed by atoms with E-state index in [1.54, 1.807) is 6.92 Å². The molecule has 0 heterocycles. The Morgan fingerprint density at radius 1 is 1.21 bits per heavy atom. The first-order valence-electron chi connectivity index (χ1n) is 5.06. The molecule has 0 aliphatic rings. The Hall–Kier alpha value is -2.41. The Kier molecular flexibility index (Phi) is 17.9. The van der Waals surface area contributed by atoms with Crippen LogP contribution in [0.2, 0.25) is 0 Å². The standard InChI is InChI=1S/C5H8O2.C4H7NO2.C3H5NO/c1-3-5(6)7-4-2;1-3(2-6)4(5)7;1-2-3(4)5/h3H,1,4H2,2H3;6H,1-2H2,(H2,5,7);2H,1H2,(H2,4,5). The van der Waals surface area contributed by atoms with E-state index >= 15 is 0 Å². The van der Waals surface area contributed by atoms with E-state index in [1.165, 1.54) is 0 Å². The van der Waals surface area contributed by atoms with Gasteiger partial charge in [-0.1, -0.05) is 19.7 Å². The quantitative estimate of drug-likeness (QED) is 0.454. The maximum absolute atomic E-state index is 10.1. The van der Waals surface area contributed by atoms with Gasteiger partial charge in [-0.15, -0.1) is 0 Å². The minimum Gasteiger partial charge on any atom is -0.463 e. The minimum absolute atomic E-state index is 0.0417. The lowest BCUT2D eigenvalue weighted by Crippen LogP contribution is -2.14. The zero-order valence-electron chi connectivity index (χ0n) is 10.9. The Balaban J connectivity index is -0.000000206. The highest BCUT2D eigenvalue weighted by molar-refractivity contribution is 5.91. The number of amides is 2. The van der Waals surface area contributed by atoms with Gasteiger partial charge in [0.2, 0.25) is 11.8 Å². The summed E-state index contributed by atoms with van der Waals surface area (Å²) in [5.74, 6) is -1.49. The van der Waals surface area contributed by atoms with Crippen molar-refractivity contribution in [1.29, 1.82) is 0 Å². The zero-order valence-corrected chi connectivity index (χ0v) is 10.9. The van der Waals surface area contributed by atoms with Crippen LogP contribution in [0.15, 0.2) is 37.5 Å². The van der Waals surface area contributed by atoms with Crippen LogP contribution in [0, 0.1) is 0 Å². The van der Waals surface area contributed by atoms with Gasteiger partial charge in [0.1, 0.15) is 0 Å². The van der Waals surface area contributed by atoms with Crippen LogP contribution in [0.1, 0.15) is 6.92 Å². The topological polar surface area (TPSA) is 133 Å². The average molecular weight is 272 g/mol. The molecule has 7 nitrogen and oxygen atoms in total. The van der Waals surface area contributed by atoms with E-state index in [0.29, 0.717) is 6.61 Å². The molecule has 0 fully saturated rings. The number of hydrogen-bond acceptors (Lipinski definition) is 5. The lowest BCUT2D eigenvalue weighted by atomic mass is 10.3.